The van der Waals surface area contributed by atoms with Crippen molar-refractivity contribution in [1.82, 2.24) is 0 Å². The summed E-state index contributed by atoms with van der Waals surface area (Å²) in [6.07, 6.45) is 7.66. The molecule has 1 aliphatic heterocycles. The summed E-state index contributed by atoms with van der Waals surface area (Å²) < 4.78 is 0. The molecule has 0 atom stereocenters. The summed E-state index contributed by atoms with van der Waals surface area (Å²) in [6, 6.07) is 0. The maximum atomic E-state index is 4.59. The molecule has 0 amide bonds. The van der Waals surface area contributed by atoms with Crippen molar-refractivity contribution < 1.29 is 0 Å². The second kappa shape index (κ2) is 4.12. The first-order valence-corrected chi connectivity index (χ1v) is 5.43. The molecule has 0 spiro atoms. The highest BCUT2D eigenvalue weighted by atomic mass is 14.8. The van der Waals surface area contributed by atoms with Gasteiger partial charge in [-0.2, -0.15) is 0 Å². The van der Waals surface area contributed by atoms with E-state index in [1.807, 2.05) is 6.21 Å². The molecule has 0 bridgehead atoms. The maximum absolute atomic E-state index is 4.59. The first kappa shape index (κ1) is 11.2. The van der Waals surface area contributed by atoms with E-state index >= 15 is 0 Å². The van der Waals surface area contributed by atoms with E-state index in [2.05, 4.69) is 51.8 Å². The van der Waals surface area contributed by atoms with Gasteiger partial charge in [0.25, 0.3) is 0 Å². The monoisotopic (exact) mass is 191 g/mol. The third-order valence-corrected chi connectivity index (χ3v) is 2.51. The molecule has 0 N–H and O–H groups in total. The number of hydrogen-bond donors (Lipinski definition) is 0. The quantitative estimate of drug-likeness (QED) is 0.630. The Morgan fingerprint density at radius 2 is 2.00 bits per heavy atom. The lowest BCUT2D eigenvalue weighted by molar-refractivity contribution is 0.656. The molecule has 0 aliphatic carbocycles. The number of nitrogens with zero attached hydrogens (tertiary/aromatic N) is 1. The van der Waals surface area contributed by atoms with Gasteiger partial charge in [-0.25, -0.2) is 0 Å². The van der Waals surface area contributed by atoms with Crippen molar-refractivity contribution in [3.63, 3.8) is 0 Å². The fourth-order valence-electron chi connectivity index (χ4n) is 1.54. The normalized spacial score (nSPS) is 20.4. The predicted octanol–water partition coefficient (Wildman–Crippen LogP) is 3.77. The Balaban J connectivity index is 3.05. The predicted molar refractivity (Wildman–Crippen MR) is 63.9 cm³/mol. The summed E-state index contributed by atoms with van der Waals surface area (Å²) in [4.78, 5) is 4.59. The molecule has 1 rings (SSSR count). The standard InChI is InChI=1S/C13H21N/c1-6-11-7-12(10(2)3)9-14-13(4,5)8-11/h7-10H,6H2,1-5H3. The summed E-state index contributed by atoms with van der Waals surface area (Å²) in [5.41, 5.74) is 2.69. The molecule has 1 heteroatoms. The van der Waals surface area contributed by atoms with Crippen LogP contribution in [0.5, 0.6) is 0 Å². The van der Waals surface area contributed by atoms with Crippen molar-refractivity contribution in [1.29, 1.82) is 0 Å². The molecule has 0 aromatic carbocycles. The lowest BCUT2D eigenvalue weighted by Gasteiger charge is -2.13. The van der Waals surface area contributed by atoms with Gasteiger partial charge in [-0.15, -0.1) is 0 Å². The van der Waals surface area contributed by atoms with Crippen molar-refractivity contribution in [2.24, 2.45) is 10.9 Å². The van der Waals surface area contributed by atoms with Gasteiger partial charge in [0, 0.05) is 6.21 Å². The average molecular weight is 191 g/mol. The van der Waals surface area contributed by atoms with Crippen LogP contribution in [0.4, 0.5) is 0 Å². The van der Waals surface area contributed by atoms with Crippen molar-refractivity contribution in [2.75, 3.05) is 0 Å². The largest absolute Gasteiger partial charge is 0.283 e. The van der Waals surface area contributed by atoms with E-state index in [0.717, 1.165) is 6.42 Å². The second-order valence-electron chi connectivity index (χ2n) is 4.78. The van der Waals surface area contributed by atoms with Crippen LogP contribution in [0.2, 0.25) is 0 Å². The van der Waals surface area contributed by atoms with E-state index < -0.39 is 0 Å². The van der Waals surface area contributed by atoms with Gasteiger partial charge in [-0.05, 0) is 37.3 Å². The van der Waals surface area contributed by atoms with Crippen LogP contribution in [0.1, 0.15) is 41.0 Å². The Bertz CT molecular complexity index is 290. The van der Waals surface area contributed by atoms with Crippen LogP contribution < -0.4 is 0 Å². The zero-order valence-corrected chi connectivity index (χ0v) is 9.96. The Kier molecular flexibility index (Phi) is 3.30. The average Bonchev–Trinajstić information content (AvgIpc) is 2.23. The van der Waals surface area contributed by atoms with E-state index in [0.29, 0.717) is 5.92 Å². The Morgan fingerprint density at radius 3 is 2.50 bits per heavy atom. The van der Waals surface area contributed by atoms with Crippen molar-refractivity contribution in [3.8, 4) is 0 Å². The smallest absolute Gasteiger partial charge is 0.0737 e. The van der Waals surface area contributed by atoms with Gasteiger partial charge < -0.3 is 0 Å². The van der Waals surface area contributed by atoms with Crippen LogP contribution in [0.25, 0.3) is 0 Å². The molecular weight excluding hydrogens is 170 g/mol. The van der Waals surface area contributed by atoms with Crippen LogP contribution in [0, 0.1) is 5.92 Å². The van der Waals surface area contributed by atoms with Crippen molar-refractivity contribution in [3.05, 3.63) is 23.3 Å². The zero-order chi connectivity index (χ0) is 10.8. The molecule has 1 nitrogen and oxygen atoms in total. The molecule has 0 aromatic heterocycles. The van der Waals surface area contributed by atoms with E-state index in [1.165, 1.54) is 11.1 Å². The van der Waals surface area contributed by atoms with Crippen LogP contribution in [-0.2, 0) is 0 Å². The van der Waals surface area contributed by atoms with Crippen molar-refractivity contribution in [2.45, 2.75) is 46.6 Å². The summed E-state index contributed by atoms with van der Waals surface area (Å²) in [5.74, 6) is 0.558. The molecule has 0 saturated carbocycles. The molecule has 0 aromatic rings. The molecule has 14 heavy (non-hydrogen) atoms. The van der Waals surface area contributed by atoms with E-state index in [9.17, 15) is 0 Å². The summed E-state index contributed by atoms with van der Waals surface area (Å²) in [7, 11) is 0. The number of rotatable bonds is 2. The SMILES string of the molecule is CCC1=CC(C)(C)N=CC(C(C)C)=C1. The molecular formula is C13H21N. The van der Waals surface area contributed by atoms with Gasteiger partial charge in [-0.3, -0.25) is 4.99 Å². The summed E-state index contributed by atoms with van der Waals surface area (Å²) >= 11 is 0. The highest BCUT2D eigenvalue weighted by Crippen LogP contribution is 2.22. The lowest BCUT2D eigenvalue weighted by atomic mass is 9.98. The van der Waals surface area contributed by atoms with Gasteiger partial charge >= 0.3 is 0 Å². The maximum Gasteiger partial charge on any atom is 0.0737 e. The van der Waals surface area contributed by atoms with E-state index in [1.54, 1.807) is 0 Å². The van der Waals surface area contributed by atoms with Gasteiger partial charge in [0.2, 0.25) is 0 Å². The molecule has 1 heterocycles. The molecule has 0 radical (unpaired) electrons. The van der Waals surface area contributed by atoms with E-state index in [-0.39, 0.29) is 5.54 Å². The Hall–Kier alpha value is -0.850. The highest BCUT2D eigenvalue weighted by Gasteiger charge is 2.15. The Labute approximate surface area is 87.6 Å². The first-order valence-electron chi connectivity index (χ1n) is 5.43. The zero-order valence-electron chi connectivity index (χ0n) is 9.96. The van der Waals surface area contributed by atoms with Crippen LogP contribution in [-0.4, -0.2) is 11.8 Å². The number of hydrogen-bond acceptors (Lipinski definition) is 1. The minimum Gasteiger partial charge on any atom is -0.283 e. The molecule has 0 saturated heterocycles. The van der Waals surface area contributed by atoms with Gasteiger partial charge in [0.05, 0.1) is 5.54 Å². The Morgan fingerprint density at radius 1 is 1.36 bits per heavy atom. The number of allylic oxidation sites excluding steroid dienone is 3. The molecule has 78 valence electrons. The minimum atomic E-state index is -0.0432. The van der Waals surface area contributed by atoms with Crippen LogP contribution in [0.3, 0.4) is 0 Å². The molecule has 1 aliphatic rings. The third kappa shape index (κ3) is 2.83. The third-order valence-electron chi connectivity index (χ3n) is 2.51. The van der Waals surface area contributed by atoms with Crippen LogP contribution >= 0.6 is 0 Å². The van der Waals surface area contributed by atoms with Gasteiger partial charge in [-0.1, -0.05) is 32.9 Å². The topological polar surface area (TPSA) is 12.4 Å². The summed E-state index contributed by atoms with van der Waals surface area (Å²) in [5, 5.41) is 0. The van der Waals surface area contributed by atoms with Crippen LogP contribution in [0.15, 0.2) is 28.3 Å². The number of aliphatic imine (C=N–C) groups is 1. The minimum absolute atomic E-state index is 0.0432. The fraction of sp³-hybridized carbons (Fsp3) is 0.615. The molecule has 0 unspecified atom stereocenters. The second-order valence-corrected chi connectivity index (χ2v) is 4.78. The fourth-order valence-corrected chi connectivity index (χ4v) is 1.54. The van der Waals surface area contributed by atoms with Crippen molar-refractivity contribution >= 4 is 6.21 Å². The van der Waals surface area contributed by atoms with E-state index in [4.69, 9.17) is 0 Å². The summed E-state index contributed by atoms with van der Waals surface area (Å²) in [6.45, 7) is 10.9. The van der Waals surface area contributed by atoms with Gasteiger partial charge in [0.15, 0.2) is 0 Å². The highest BCUT2D eigenvalue weighted by molar-refractivity contribution is 5.81. The lowest BCUT2D eigenvalue weighted by Crippen LogP contribution is -2.12. The molecule has 0 fully saturated rings. The first-order chi connectivity index (χ1) is 6.44. The van der Waals surface area contributed by atoms with Gasteiger partial charge in [0.1, 0.15) is 0 Å².